The van der Waals surface area contributed by atoms with Crippen LogP contribution in [0.2, 0.25) is 0 Å². The van der Waals surface area contributed by atoms with Gasteiger partial charge < -0.3 is 25.1 Å². The summed E-state index contributed by atoms with van der Waals surface area (Å²) < 4.78 is 56.7. The third-order valence-corrected chi connectivity index (χ3v) is 5.88. The molecule has 2 aromatic heterocycles. The van der Waals surface area contributed by atoms with Crippen molar-refractivity contribution < 1.29 is 36.7 Å². The molecule has 41 heavy (non-hydrogen) atoms. The van der Waals surface area contributed by atoms with Gasteiger partial charge in [0.05, 0.1) is 12.0 Å². The van der Waals surface area contributed by atoms with E-state index >= 15 is 0 Å². The van der Waals surface area contributed by atoms with E-state index in [1.807, 2.05) is 6.07 Å². The highest BCUT2D eigenvalue weighted by Gasteiger charge is 2.40. The monoisotopic (exact) mass is 567 g/mol. The molecule has 2 aromatic carbocycles. The minimum atomic E-state index is -4.98. The molecule has 2 amide bonds. The van der Waals surface area contributed by atoms with E-state index < -0.39 is 29.6 Å². The van der Waals surface area contributed by atoms with Crippen LogP contribution in [0.4, 0.5) is 29.1 Å². The fourth-order valence-corrected chi connectivity index (χ4v) is 3.90. The molecule has 4 aromatic rings. The molecule has 3 N–H and O–H groups in total. The number of hydrogen-bond acceptors (Lipinski definition) is 7. The molecule has 4 rings (SSSR count). The number of anilines is 2. The Bertz CT molecular complexity index is 1630. The van der Waals surface area contributed by atoms with Gasteiger partial charge in [0.2, 0.25) is 0 Å². The van der Waals surface area contributed by atoms with Gasteiger partial charge in [-0.3, -0.25) is 9.59 Å². The Morgan fingerprint density at radius 2 is 1.88 bits per heavy atom. The predicted molar refractivity (Wildman–Crippen MR) is 140 cm³/mol. The lowest BCUT2D eigenvalue weighted by Crippen LogP contribution is -2.40. The van der Waals surface area contributed by atoms with E-state index in [-0.39, 0.29) is 47.1 Å². The number of carbonyl (C=O) groups is 2. The van der Waals surface area contributed by atoms with Gasteiger partial charge in [0.15, 0.2) is 11.6 Å². The van der Waals surface area contributed by atoms with E-state index in [1.54, 1.807) is 24.3 Å². The standard InChI is InChI=1S/C28H21F4N5O4/c1-37(27(40)28(30,31)32)10-9-34-18-5-2-4-16(12-18)20-14-22(19-8-7-17(29)13-23(19)38)35-25(21(20)15-33)36-26(39)24-6-3-11-41-24/h2-8,11-14,34,38H,9-10H2,1H3,(H,35,36,39). The molecular formula is C28H21F4N5O4. The highest BCUT2D eigenvalue weighted by atomic mass is 19.4. The van der Waals surface area contributed by atoms with Crippen LogP contribution in [0, 0.1) is 17.1 Å². The van der Waals surface area contributed by atoms with Gasteiger partial charge in [-0.15, -0.1) is 0 Å². The average molecular weight is 567 g/mol. The third kappa shape index (κ3) is 6.62. The quantitative estimate of drug-likeness (QED) is 0.243. The van der Waals surface area contributed by atoms with E-state index in [1.165, 1.54) is 30.5 Å². The van der Waals surface area contributed by atoms with Crippen LogP contribution in [-0.2, 0) is 4.79 Å². The fraction of sp³-hybridized carbons (Fsp3) is 0.143. The van der Waals surface area contributed by atoms with Crippen LogP contribution >= 0.6 is 0 Å². The third-order valence-electron chi connectivity index (χ3n) is 5.88. The maximum Gasteiger partial charge on any atom is 0.471 e. The summed E-state index contributed by atoms with van der Waals surface area (Å²) in [4.78, 5) is 29.0. The first kappa shape index (κ1) is 28.6. The molecule has 0 bridgehead atoms. The molecule has 0 saturated carbocycles. The first-order chi connectivity index (χ1) is 19.5. The molecule has 0 fully saturated rings. The van der Waals surface area contributed by atoms with Crippen molar-refractivity contribution in [2.24, 2.45) is 0 Å². The summed E-state index contributed by atoms with van der Waals surface area (Å²) in [5.41, 5.74) is 1.38. The van der Waals surface area contributed by atoms with Crippen LogP contribution in [0.5, 0.6) is 5.75 Å². The van der Waals surface area contributed by atoms with Gasteiger partial charge in [-0.2, -0.15) is 18.4 Å². The summed E-state index contributed by atoms with van der Waals surface area (Å²) >= 11 is 0. The maximum atomic E-state index is 13.7. The molecule has 2 heterocycles. The molecule has 210 valence electrons. The number of aromatic nitrogens is 1. The summed E-state index contributed by atoms with van der Waals surface area (Å²) in [5, 5.41) is 25.9. The van der Waals surface area contributed by atoms with E-state index in [0.29, 0.717) is 16.2 Å². The topological polar surface area (TPSA) is 131 Å². The van der Waals surface area contributed by atoms with Crippen molar-refractivity contribution >= 4 is 23.3 Å². The minimum absolute atomic E-state index is 0.0115. The lowest BCUT2D eigenvalue weighted by atomic mass is 9.97. The highest BCUT2D eigenvalue weighted by molar-refractivity contribution is 6.03. The van der Waals surface area contributed by atoms with Crippen molar-refractivity contribution in [2.45, 2.75) is 6.18 Å². The highest BCUT2D eigenvalue weighted by Crippen LogP contribution is 2.36. The first-order valence-corrected chi connectivity index (χ1v) is 11.9. The maximum absolute atomic E-state index is 13.7. The van der Waals surface area contributed by atoms with Crippen molar-refractivity contribution in [1.29, 1.82) is 5.26 Å². The molecule has 9 nitrogen and oxygen atoms in total. The van der Waals surface area contributed by atoms with Crippen LogP contribution in [0.1, 0.15) is 16.1 Å². The van der Waals surface area contributed by atoms with E-state index in [2.05, 4.69) is 15.6 Å². The zero-order chi connectivity index (χ0) is 29.7. The Balaban J connectivity index is 1.71. The molecule has 0 aliphatic heterocycles. The molecule has 0 atom stereocenters. The summed E-state index contributed by atoms with van der Waals surface area (Å²) in [6.45, 7) is -0.249. The number of nitriles is 1. The molecule has 0 radical (unpaired) electrons. The summed E-state index contributed by atoms with van der Waals surface area (Å²) in [5.74, 6) is -3.98. The van der Waals surface area contributed by atoms with Gasteiger partial charge in [-0.1, -0.05) is 12.1 Å². The minimum Gasteiger partial charge on any atom is -0.507 e. The molecule has 0 saturated heterocycles. The summed E-state index contributed by atoms with van der Waals surface area (Å²) in [7, 11) is 1.04. The number of likely N-dealkylation sites (N-methyl/N-ethyl adjacent to an activating group) is 1. The Morgan fingerprint density at radius 3 is 2.54 bits per heavy atom. The number of alkyl halides is 3. The second kappa shape index (κ2) is 11.8. The van der Waals surface area contributed by atoms with Crippen LogP contribution in [-0.4, -0.2) is 53.1 Å². The molecule has 0 aliphatic carbocycles. The number of halogens is 4. The van der Waals surface area contributed by atoms with Crippen molar-refractivity contribution in [1.82, 2.24) is 9.88 Å². The van der Waals surface area contributed by atoms with E-state index in [4.69, 9.17) is 4.42 Å². The van der Waals surface area contributed by atoms with Crippen LogP contribution in [0.3, 0.4) is 0 Å². The number of hydrogen-bond donors (Lipinski definition) is 3. The number of nitrogens with zero attached hydrogens (tertiary/aromatic N) is 3. The second-order valence-corrected chi connectivity index (χ2v) is 8.72. The number of aromatic hydroxyl groups is 1. The lowest BCUT2D eigenvalue weighted by Gasteiger charge is -2.19. The molecule has 0 aliphatic rings. The van der Waals surface area contributed by atoms with E-state index in [9.17, 15) is 37.5 Å². The van der Waals surface area contributed by atoms with Gasteiger partial charge in [-0.25, -0.2) is 9.37 Å². The average Bonchev–Trinajstić information content (AvgIpc) is 3.47. The number of phenolic OH excluding ortho intramolecular Hbond substituents is 1. The largest absolute Gasteiger partial charge is 0.507 e. The first-order valence-electron chi connectivity index (χ1n) is 11.9. The number of carbonyl (C=O) groups excluding carboxylic acids is 2. The molecular weight excluding hydrogens is 546 g/mol. The number of furan rings is 1. The molecule has 0 spiro atoms. The second-order valence-electron chi connectivity index (χ2n) is 8.72. The summed E-state index contributed by atoms with van der Waals surface area (Å²) in [6.07, 6.45) is -3.69. The van der Waals surface area contributed by atoms with Crippen molar-refractivity contribution in [3.8, 4) is 34.2 Å². The van der Waals surface area contributed by atoms with Gasteiger partial charge in [0.25, 0.3) is 5.91 Å². The smallest absolute Gasteiger partial charge is 0.471 e. The Labute approximate surface area is 230 Å². The Hall–Kier alpha value is -5.38. The number of phenols is 1. The zero-order valence-corrected chi connectivity index (χ0v) is 21.3. The predicted octanol–water partition coefficient (Wildman–Crippen LogP) is 5.41. The lowest BCUT2D eigenvalue weighted by molar-refractivity contribution is -0.183. The number of benzene rings is 2. The number of rotatable bonds is 8. The van der Waals surface area contributed by atoms with E-state index in [0.717, 1.165) is 19.2 Å². The van der Waals surface area contributed by atoms with Gasteiger partial charge in [0, 0.05) is 43.0 Å². The number of amides is 2. The molecule has 13 heteroatoms. The Kier molecular flexibility index (Phi) is 8.23. The number of pyridine rings is 1. The van der Waals surface area contributed by atoms with Crippen molar-refractivity contribution in [2.75, 3.05) is 30.8 Å². The Morgan fingerprint density at radius 1 is 1.10 bits per heavy atom. The molecule has 0 unspecified atom stereocenters. The zero-order valence-electron chi connectivity index (χ0n) is 21.3. The van der Waals surface area contributed by atoms with Gasteiger partial charge in [-0.05, 0) is 48.0 Å². The summed E-state index contributed by atoms with van der Waals surface area (Å²) in [6, 6.07) is 16.2. The van der Waals surface area contributed by atoms with Gasteiger partial charge >= 0.3 is 12.1 Å². The van der Waals surface area contributed by atoms with Crippen molar-refractivity contribution in [3.05, 3.63) is 84.1 Å². The number of nitrogens with one attached hydrogen (secondary N) is 2. The van der Waals surface area contributed by atoms with Crippen molar-refractivity contribution in [3.63, 3.8) is 0 Å². The SMILES string of the molecule is CN(CCNc1cccc(-c2cc(-c3ccc(F)cc3O)nc(NC(=O)c3ccco3)c2C#N)c1)C(=O)C(F)(F)F. The van der Waals surface area contributed by atoms with Crippen LogP contribution in [0.25, 0.3) is 22.4 Å². The normalized spacial score (nSPS) is 11.0. The fourth-order valence-electron chi connectivity index (χ4n) is 3.90. The van der Waals surface area contributed by atoms with Gasteiger partial charge in [0.1, 0.15) is 23.2 Å². The van der Waals surface area contributed by atoms with Crippen LogP contribution < -0.4 is 10.6 Å². The van der Waals surface area contributed by atoms with Crippen LogP contribution in [0.15, 0.2) is 71.3 Å².